The zero-order valence-corrected chi connectivity index (χ0v) is 24.7. The molecule has 0 amide bonds. The fraction of sp³-hybridized carbons (Fsp3) is 0.484. The molecule has 0 unspecified atom stereocenters. The molecule has 1 N–H and O–H groups in total. The first-order valence-corrected chi connectivity index (χ1v) is 14.5. The molecule has 1 fully saturated rings. The van der Waals surface area contributed by atoms with Gasteiger partial charge in [-0.3, -0.25) is 0 Å². The van der Waals surface area contributed by atoms with Gasteiger partial charge in [0.25, 0.3) is 0 Å². The van der Waals surface area contributed by atoms with Crippen LogP contribution in [0.5, 0.6) is 0 Å². The number of nitrogens with zero attached hydrogens (tertiary/aromatic N) is 6. The molecule has 1 aliphatic heterocycles. The van der Waals surface area contributed by atoms with Crippen LogP contribution in [-0.2, 0) is 4.74 Å². The van der Waals surface area contributed by atoms with Gasteiger partial charge in [-0.2, -0.15) is 0 Å². The molecule has 41 heavy (non-hydrogen) atoms. The van der Waals surface area contributed by atoms with Crippen LogP contribution in [0.25, 0.3) is 22.3 Å². The maximum Gasteiger partial charge on any atom is 0.229 e. The summed E-state index contributed by atoms with van der Waals surface area (Å²) in [4.78, 5) is 19.9. The summed E-state index contributed by atoms with van der Waals surface area (Å²) in [5, 5.41) is 3.07. The van der Waals surface area contributed by atoms with E-state index in [0.717, 1.165) is 44.2 Å². The van der Waals surface area contributed by atoms with Gasteiger partial charge in [-0.15, -0.1) is 0 Å². The number of fused-ring (bicyclic) bond motifs is 1. The summed E-state index contributed by atoms with van der Waals surface area (Å²) >= 11 is 0. The van der Waals surface area contributed by atoms with Crippen molar-refractivity contribution < 1.29 is 13.5 Å². The van der Waals surface area contributed by atoms with Crippen LogP contribution in [0, 0.1) is 24.5 Å². The summed E-state index contributed by atoms with van der Waals surface area (Å²) in [5.41, 5.74) is 2.19. The predicted octanol–water partition coefficient (Wildman–Crippen LogP) is 7.00. The molecule has 0 saturated carbocycles. The van der Waals surface area contributed by atoms with Gasteiger partial charge in [0, 0.05) is 17.8 Å². The van der Waals surface area contributed by atoms with Gasteiger partial charge in [0.05, 0.1) is 23.9 Å². The van der Waals surface area contributed by atoms with E-state index in [9.17, 15) is 4.39 Å². The molecule has 4 heterocycles. The normalized spacial score (nSPS) is 15.8. The summed E-state index contributed by atoms with van der Waals surface area (Å²) in [6, 6.07) is 6.92. The van der Waals surface area contributed by atoms with E-state index in [1.54, 1.807) is 6.07 Å². The number of hydrogen-bond acceptors (Lipinski definition) is 7. The molecule has 8 nitrogen and oxygen atoms in total. The zero-order chi connectivity index (χ0) is 29.3. The van der Waals surface area contributed by atoms with Gasteiger partial charge in [0.2, 0.25) is 5.95 Å². The number of benzene rings is 1. The van der Waals surface area contributed by atoms with Gasteiger partial charge in [-0.1, -0.05) is 13.0 Å². The number of piperidine rings is 1. The second-order valence-corrected chi connectivity index (χ2v) is 11.3. The number of anilines is 2. The van der Waals surface area contributed by atoms with Crippen molar-refractivity contribution in [1.29, 1.82) is 0 Å². The molecule has 0 spiro atoms. The van der Waals surface area contributed by atoms with E-state index in [4.69, 9.17) is 4.74 Å². The first kappa shape index (κ1) is 29.0. The highest BCUT2D eigenvalue weighted by Crippen LogP contribution is 2.35. The number of aromatic nitrogens is 5. The Morgan fingerprint density at radius 1 is 1.00 bits per heavy atom. The molecule has 5 rings (SSSR count). The van der Waals surface area contributed by atoms with Crippen molar-refractivity contribution in [3.63, 3.8) is 0 Å². The largest absolute Gasteiger partial charge is 0.371 e. The number of hydrogen-bond donors (Lipinski definition) is 1. The van der Waals surface area contributed by atoms with E-state index in [1.807, 2.05) is 43.7 Å². The van der Waals surface area contributed by atoms with Gasteiger partial charge in [0.1, 0.15) is 22.9 Å². The zero-order valence-electron chi connectivity index (χ0n) is 24.7. The van der Waals surface area contributed by atoms with Crippen molar-refractivity contribution in [2.45, 2.75) is 72.6 Å². The Morgan fingerprint density at radius 3 is 2.39 bits per heavy atom. The highest BCUT2D eigenvalue weighted by molar-refractivity contribution is 5.83. The number of rotatable bonds is 9. The van der Waals surface area contributed by atoms with Crippen molar-refractivity contribution in [3.05, 3.63) is 59.7 Å². The van der Waals surface area contributed by atoms with E-state index in [1.165, 1.54) is 6.07 Å². The SMILES string of the molecule is CCN1CCC([C@@H](OC(C)C)c2ccc(Nc3ncc(F)c(-c4cc(F)c5nc(C)n(C(C)C)c5c4)n3)nc2)CC1. The van der Waals surface area contributed by atoms with Gasteiger partial charge in [0.15, 0.2) is 11.6 Å². The van der Waals surface area contributed by atoms with Crippen LogP contribution >= 0.6 is 0 Å². The summed E-state index contributed by atoms with van der Waals surface area (Å²) in [6.45, 7) is 15.4. The molecule has 1 saturated heterocycles. The minimum absolute atomic E-state index is 0.00195. The molecule has 0 bridgehead atoms. The molecule has 0 aliphatic carbocycles. The number of pyridine rings is 1. The summed E-state index contributed by atoms with van der Waals surface area (Å²) in [7, 11) is 0. The lowest BCUT2D eigenvalue weighted by atomic mass is 9.87. The Hall–Kier alpha value is -3.50. The third-order valence-electron chi connectivity index (χ3n) is 7.74. The van der Waals surface area contributed by atoms with E-state index in [-0.39, 0.29) is 35.4 Å². The van der Waals surface area contributed by atoms with Crippen molar-refractivity contribution in [2.24, 2.45) is 5.92 Å². The number of likely N-dealkylation sites (tertiary alicyclic amines) is 1. The average Bonchev–Trinajstić information content (AvgIpc) is 3.30. The second kappa shape index (κ2) is 12.2. The molecular weight excluding hydrogens is 524 g/mol. The first-order chi connectivity index (χ1) is 19.6. The minimum atomic E-state index is -0.646. The lowest BCUT2D eigenvalue weighted by Crippen LogP contribution is -2.36. The summed E-state index contributed by atoms with van der Waals surface area (Å²) in [6.07, 6.45) is 5.14. The molecule has 1 aromatic carbocycles. The van der Waals surface area contributed by atoms with Crippen LogP contribution in [0.15, 0.2) is 36.7 Å². The molecular formula is C31H39F2N7O. The fourth-order valence-electron chi connectivity index (χ4n) is 5.78. The lowest BCUT2D eigenvalue weighted by molar-refractivity contribution is -0.0442. The predicted molar refractivity (Wildman–Crippen MR) is 157 cm³/mol. The molecule has 1 atom stereocenters. The summed E-state index contributed by atoms with van der Waals surface area (Å²) < 4.78 is 38.3. The van der Waals surface area contributed by atoms with Crippen LogP contribution in [0.4, 0.5) is 20.5 Å². The van der Waals surface area contributed by atoms with Crippen LogP contribution in [0.1, 0.15) is 71.0 Å². The van der Waals surface area contributed by atoms with Crippen LogP contribution in [0.3, 0.4) is 0 Å². The van der Waals surface area contributed by atoms with E-state index >= 15 is 4.39 Å². The maximum atomic E-state index is 15.0. The monoisotopic (exact) mass is 563 g/mol. The van der Waals surface area contributed by atoms with E-state index < -0.39 is 11.6 Å². The van der Waals surface area contributed by atoms with Crippen LogP contribution < -0.4 is 5.32 Å². The maximum absolute atomic E-state index is 15.0. The Morgan fingerprint density at radius 2 is 1.76 bits per heavy atom. The first-order valence-electron chi connectivity index (χ1n) is 14.5. The highest BCUT2D eigenvalue weighted by Gasteiger charge is 2.29. The standard InChI is InChI=1S/C31H39F2N7O/c1-7-39-12-10-21(11-13-39)30(41-19(4)5)22-8-9-27(34-16-22)37-31-35-17-25(33)28(38-31)23-14-24(32)29-26(15-23)40(18(2)3)20(6)36-29/h8-9,14-19,21,30H,7,10-13H2,1-6H3,(H,34,35,37,38)/t30-/m1/s1. The van der Waals surface area contributed by atoms with E-state index in [2.05, 4.69) is 50.9 Å². The van der Waals surface area contributed by atoms with Crippen LogP contribution in [-0.4, -0.2) is 55.1 Å². The highest BCUT2D eigenvalue weighted by atomic mass is 19.1. The van der Waals surface area contributed by atoms with Gasteiger partial charge in [-0.25, -0.2) is 28.7 Å². The summed E-state index contributed by atoms with van der Waals surface area (Å²) in [5.74, 6) is 0.634. The lowest BCUT2D eigenvalue weighted by Gasteiger charge is -2.36. The van der Waals surface area contributed by atoms with Crippen molar-refractivity contribution in [3.8, 4) is 11.3 Å². The number of halogens is 2. The van der Waals surface area contributed by atoms with Gasteiger partial charge < -0.3 is 19.5 Å². The Bertz CT molecular complexity index is 1490. The van der Waals surface area contributed by atoms with Crippen molar-refractivity contribution >= 4 is 22.8 Å². The number of aryl methyl sites for hydroxylation is 1. The van der Waals surface area contributed by atoms with Crippen LogP contribution in [0.2, 0.25) is 0 Å². The molecule has 218 valence electrons. The Balaban J connectivity index is 1.38. The molecule has 0 radical (unpaired) electrons. The number of ether oxygens (including phenoxy) is 1. The number of nitrogens with one attached hydrogen (secondary N) is 1. The average molecular weight is 564 g/mol. The molecule has 10 heteroatoms. The van der Waals surface area contributed by atoms with E-state index in [0.29, 0.717) is 28.6 Å². The van der Waals surface area contributed by atoms with Gasteiger partial charge >= 0.3 is 0 Å². The van der Waals surface area contributed by atoms with Crippen molar-refractivity contribution in [1.82, 2.24) is 29.4 Å². The third kappa shape index (κ3) is 6.23. The minimum Gasteiger partial charge on any atom is -0.371 e. The Kier molecular flexibility index (Phi) is 8.60. The topological polar surface area (TPSA) is 81.0 Å². The fourth-order valence-corrected chi connectivity index (χ4v) is 5.78. The quantitative estimate of drug-likeness (QED) is 0.235. The van der Waals surface area contributed by atoms with Crippen molar-refractivity contribution in [2.75, 3.05) is 25.0 Å². The molecule has 1 aliphatic rings. The molecule has 4 aromatic rings. The molecule has 3 aromatic heterocycles. The van der Waals surface area contributed by atoms with Gasteiger partial charge in [-0.05, 0) is 96.8 Å². The second-order valence-electron chi connectivity index (χ2n) is 11.3. The Labute approximate surface area is 240 Å². The number of imidazole rings is 1. The third-order valence-corrected chi connectivity index (χ3v) is 7.74. The smallest absolute Gasteiger partial charge is 0.229 e.